The molecule has 0 saturated heterocycles. The zero-order chi connectivity index (χ0) is 17.3. The molecule has 0 fully saturated rings. The van der Waals surface area contributed by atoms with E-state index in [0.717, 1.165) is 22.3 Å². The lowest BCUT2D eigenvalue weighted by atomic mass is 9.84. The number of benzene rings is 1. The van der Waals surface area contributed by atoms with E-state index in [-0.39, 0.29) is 11.3 Å². The number of allylic oxidation sites excluding steroid dienone is 2. The molecule has 0 spiro atoms. The van der Waals surface area contributed by atoms with Gasteiger partial charge in [-0.15, -0.1) is 0 Å². The van der Waals surface area contributed by atoms with E-state index in [1.807, 2.05) is 31.2 Å². The summed E-state index contributed by atoms with van der Waals surface area (Å²) in [5, 5.41) is 3.59. The molecule has 1 aromatic heterocycles. The van der Waals surface area contributed by atoms with Crippen LogP contribution in [-0.2, 0) is 4.79 Å². The highest BCUT2D eigenvalue weighted by atomic mass is 32.1. The second-order valence-corrected chi connectivity index (χ2v) is 8.04. The van der Waals surface area contributed by atoms with Crippen LogP contribution in [0.3, 0.4) is 0 Å². The molecule has 0 radical (unpaired) electrons. The van der Waals surface area contributed by atoms with Crippen LogP contribution in [0.5, 0.6) is 5.19 Å². The summed E-state index contributed by atoms with van der Waals surface area (Å²) in [4.78, 5) is 17.0. The van der Waals surface area contributed by atoms with Crippen LogP contribution in [0.2, 0.25) is 0 Å². The van der Waals surface area contributed by atoms with E-state index in [2.05, 4.69) is 37.1 Å². The maximum Gasteiger partial charge on any atom is 0.275 e. The van der Waals surface area contributed by atoms with Gasteiger partial charge in [-0.25, -0.2) is 4.98 Å². The van der Waals surface area contributed by atoms with Gasteiger partial charge in [-0.05, 0) is 36.3 Å². The number of nitrogens with zero attached hydrogens (tertiary/aromatic N) is 1. The van der Waals surface area contributed by atoms with Gasteiger partial charge in [0.05, 0.1) is 10.2 Å². The van der Waals surface area contributed by atoms with Gasteiger partial charge in [0.15, 0.2) is 6.10 Å². The standard InChI is InChI=1S/C19H24N2O2S/c1-5-15(17(22)20-13-10-12(2)19(3,4)11-13)23-18-21-14-8-6-7-9-16(14)24-18/h6-9,11-12,15H,5,10H2,1-4H3,(H,20,22). The zero-order valence-corrected chi connectivity index (χ0v) is 15.4. The van der Waals surface area contributed by atoms with Crippen LogP contribution in [0, 0.1) is 11.3 Å². The van der Waals surface area contributed by atoms with E-state index in [0.29, 0.717) is 17.5 Å². The normalized spacial score (nSPS) is 20.7. The van der Waals surface area contributed by atoms with Crippen LogP contribution in [0.4, 0.5) is 0 Å². The molecule has 2 unspecified atom stereocenters. The summed E-state index contributed by atoms with van der Waals surface area (Å²) >= 11 is 1.47. The quantitative estimate of drug-likeness (QED) is 0.867. The minimum Gasteiger partial charge on any atom is -0.457 e. The molecule has 1 amide bonds. The monoisotopic (exact) mass is 344 g/mol. The highest BCUT2D eigenvalue weighted by Crippen LogP contribution is 2.39. The molecule has 0 aliphatic heterocycles. The van der Waals surface area contributed by atoms with Crippen LogP contribution in [0.25, 0.3) is 10.2 Å². The molecule has 5 heteroatoms. The Hall–Kier alpha value is -1.88. The lowest BCUT2D eigenvalue weighted by molar-refractivity contribution is -0.127. The number of nitrogens with one attached hydrogen (secondary N) is 1. The number of hydrogen-bond acceptors (Lipinski definition) is 4. The van der Waals surface area contributed by atoms with E-state index >= 15 is 0 Å². The Morgan fingerprint density at radius 3 is 2.83 bits per heavy atom. The fourth-order valence-corrected chi connectivity index (χ4v) is 3.78. The topological polar surface area (TPSA) is 51.2 Å². The first kappa shape index (κ1) is 17.0. The van der Waals surface area contributed by atoms with Crippen LogP contribution in [-0.4, -0.2) is 17.0 Å². The molecule has 3 rings (SSSR count). The van der Waals surface area contributed by atoms with E-state index < -0.39 is 6.10 Å². The zero-order valence-electron chi connectivity index (χ0n) is 14.6. The summed E-state index contributed by atoms with van der Waals surface area (Å²) in [6.45, 7) is 8.56. The Morgan fingerprint density at radius 1 is 1.46 bits per heavy atom. The average molecular weight is 344 g/mol. The smallest absolute Gasteiger partial charge is 0.275 e. The van der Waals surface area contributed by atoms with Crippen molar-refractivity contribution in [1.82, 2.24) is 10.3 Å². The number of amides is 1. The summed E-state index contributed by atoms with van der Waals surface area (Å²) in [6.07, 6.45) is 3.15. The van der Waals surface area contributed by atoms with Crippen molar-refractivity contribution >= 4 is 27.5 Å². The summed E-state index contributed by atoms with van der Waals surface area (Å²) < 4.78 is 6.93. The summed E-state index contributed by atoms with van der Waals surface area (Å²) in [5.74, 6) is 0.436. The lowest BCUT2D eigenvalue weighted by Gasteiger charge is -2.21. The van der Waals surface area contributed by atoms with Crippen molar-refractivity contribution in [2.75, 3.05) is 0 Å². The first-order chi connectivity index (χ1) is 11.4. The third-order valence-electron chi connectivity index (χ3n) is 4.81. The highest BCUT2D eigenvalue weighted by molar-refractivity contribution is 7.20. The number of carbonyl (C=O) groups is 1. The molecule has 1 aliphatic carbocycles. The Balaban J connectivity index is 1.68. The lowest BCUT2D eigenvalue weighted by Crippen LogP contribution is -2.37. The fraction of sp³-hybridized carbons (Fsp3) is 0.474. The van der Waals surface area contributed by atoms with Crippen molar-refractivity contribution in [3.05, 3.63) is 36.0 Å². The Bertz CT molecular complexity index is 746. The van der Waals surface area contributed by atoms with Gasteiger partial charge < -0.3 is 10.1 Å². The Morgan fingerprint density at radius 2 is 2.21 bits per heavy atom. The molecular formula is C19H24N2O2S. The van der Waals surface area contributed by atoms with Crippen LogP contribution in [0.15, 0.2) is 36.0 Å². The number of rotatable bonds is 5. The SMILES string of the molecule is CCC(Oc1nc2ccccc2s1)C(=O)NC1=CC(C)(C)C(C)C1. The van der Waals surface area contributed by atoms with E-state index in [9.17, 15) is 4.79 Å². The third kappa shape index (κ3) is 3.46. The molecule has 0 saturated carbocycles. The predicted molar refractivity (Wildman–Crippen MR) is 98.1 cm³/mol. The van der Waals surface area contributed by atoms with Gasteiger partial charge in [0.2, 0.25) is 0 Å². The molecule has 2 atom stereocenters. The van der Waals surface area contributed by atoms with Gasteiger partial charge in [0, 0.05) is 5.70 Å². The van der Waals surface area contributed by atoms with Crippen molar-refractivity contribution in [2.24, 2.45) is 11.3 Å². The number of fused-ring (bicyclic) bond motifs is 1. The second kappa shape index (κ2) is 6.55. The van der Waals surface area contributed by atoms with Crippen molar-refractivity contribution in [3.63, 3.8) is 0 Å². The number of ether oxygens (including phenoxy) is 1. The van der Waals surface area contributed by atoms with E-state index in [1.54, 1.807) is 0 Å². The van der Waals surface area contributed by atoms with Crippen molar-refractivity contribution in [1.29, 1.82) is 0 Å². The van der Waals surface area contributed by atoms with Gasteiger partial charge in [-0.3, -0.25) is 4.79 Å². The predicted octanol–water partition coefficient (Wildman–Crippen LogP) is 4.52. The van der Waals surface area contributed by atoms with Crippen LogP contribution in [0.1, 0.15) is 40.5 Å². The number of carbonyl (C=O) groups excluding carboxylic acids is 1. The van der Waals surface area contributed by atoms with Crippen LogP contribution >= 0.6 is 11.3 Å². The summed E-state index contributed by atoms with van der Waals surface area (Å²) in [6, 6.07) is 7.88. The maximum atomic E-state index is 12.6. The van der Waals surface area contributed by atoms with Crippen molar-refractivity contribution in [2.45, 2.75) is 46.6 Å². The highest BCUT2D eigenvalue weighted by Gasteiger charge is 2.32. The van der Waals surface area contributed by atoms with Gasteiger partial charge in [-0.2, -0.15) is 0 Å². The third-order valence-corrected chi connectivity index (χ3v) is 5.73. The van der Waals surface area contributed by atoms with Gasteiger partial charge in [0.1, 0.15) is 0 Å². The molecule has 128 valence electrons. The minimum atomic E-state index is -0.523. The van der Waals surface area contributed by atoms with E-state index in [1.165, 1.54) is 11.3 Å². The number of thiazole rings is 1. The molecule has 1 aliphatic rings. The molecule has 1 heterocycles. The van der Waals surface area contributed by atoms with Gasteiger partial charge in [0.25, 0.3) is 11.1 Å². The molecule has 1 N–H and O–H groups in total. The second-order valence-electron chi connectivity index (χ2n) is 7.05. The molecule has 1 aromatic carbocycles. The molecule has 2 aromatic rings. The minimum absolute atomic E-state index is 0.0899. The van der Waals surface area contributed by atoms with Crippen LogP contribution < -0.4 is 10.1 Å². The Kier molecular flexibility index (Phi) is 4.63. The molecule has 0 bridgehead atoms. The molecule has 24 heavy (non-hydrogen) atoms. The summed E-state index contributed by atoms with van der Waals surface area (Å²) in [5.41, 5.74) is 2.03. The Labute approximate surface area is 146 Å². The van der Waals surface area contributed by atoms with Crippen molar-refractivity contribution < 1.29 is 9.53 Å². The average Bonchev–Trinajstić information content (AvgIpc) is 3.04. The number of para-hydroxylation sites is 1. The first-order valence-electron chi connectivity index (χ1n) is 8.44. The summed E-state index contributed by atoms with van der Waals surface area (Å²) in [7, 11) is 0. The maximum absolute atomic E-state index is 12.6. The first-order valence-corrected chi connectivity index (χ1v) is 9.25. The van der Waals surface area contributed by atoms with Crippen molar-refractivity contribution in [3.8, 4) is 5.19 Å². The van der Waals surface area contributed by atoms with Gasteiger partial charge >= 0.3 is 0 Å². The molecular weight excluding hydrogens is 320 g/mol. The molecule has 4 nitrogen and oxygen atoms in total. The fourth-order valence-electron chi connectivity index (χ4n) is 2.91. The number of hydrogen-bond donors (Lipinski definition) is 1. The largest absolute Gasteiger partial charge is 0.457 e. The number of aromatic nitrogens is 1. The van der Waals surface area contributed by atoms with E-state index in [4.69, 9.17) is 4.74 Å². The van der Waals surface area contributed by atoms with Gasteiger partial charge in [-0.1, -0.05) is 57.2 Å².